The normalized spacial score (nSPS) is 14.6. The van der Waals surface area contributed by atoms with Gasteiger partial charge in [-0.05, 0) is 0 Å². The summed E-state index contributed by atoms with van der Waals surface area (Å²) in [6, 6.07) is 0. The summed E-state index contributed by atoms with van der Waals surface area (Å²) in [4.78, 5) is 0. The van der Waals surface area contributed by atoms with Crippen molar-refractivity contribution in [2.75, 3.05) is 6.61 Å². The Balaban J connectivity index is 2.83. The van der Waals surface area contributed by atoms with Gasteiger partial charge in [0.2, 0.25) is 0 Å². The Kier molecular flexibility index (Phi) is 4.92. The average Bonchev–Trinajstić information content (AvgIpc) is 1.68. The van der Waals surface area contributed by atoms with Crippen molar-refractivity contribution in [1.29, 1.82) is 0 Å². The molecular weight excluding hydrogens is 153 g/mol. The van der Waals surface area contributed by atoms with Gasteiger partial charge in [0.05, 0.1) is 0 Å². The molecule has 1 unspecified atom stereocenters. The number of rotatable bonds is 3. The van der Waals surface area contributed by atoms with Crippen molar-refractivity contribution in [2.45, 2.75) is 20.1 Å². The standard InChI is InChI=1S/C4H12GeO2/c1-3-6-4(2)7-5/h4H,3H2,1-2,5H3. The number of ether oxygens (including phenoxy) is 1. The third-order valence-corrected chi connectivity index (χ3v) is 2.13. The van der Waals surface area contributed by atoms with Crippen LogP contribution in [0, 0.1) is 0 Å². The van der Waals surface area contributed by atoms with Crippen molar-refractivity contribution in [3.05, 3.63) is 0 Å². The fourth-order valence-electron chi connectivity index (χ4n) is 0.303. The molecule has 44 valence electrons. The Labute approximate surface area is 52.8 Å². The first-order valence-corrected chi connectivity index (χ1v) is 4.17. The van der Waals surface area contributed by atoms with Crippen LogP contribution in [-0.4, -0.2) is 29.7 Å². The number of hydrogen-bond acceptors (Lipinski definition) is 2. The fourth-order valence-corrected chi connectivity index (χ4v) is 0.588. The van der Waals surface area contributed by atoms with E-state index in [2.05, 4.69) is 0 Å². The molecule has 0 radical (unpaired) electrons. The van der Waals surface area contributed by atoms with Crippen LogP contribution in [0.2, 0.25) is 0 Å². The minimum atomic E-state index is 0.0324. The molecule has 0 aliphatic rings. The quantitative estimate of drug-likeness (QED) is 0.420. The molecule has 0 amide bonds. The van der Waals surface area contributed by atoms with Gasteiger partial charge >= 0.3 is 52.1 Å². The molecule has 0 aliphatic heterocycles. The van der Waals surface area contributed by atoms with Gasteiger partial charge in [0, 0.05) is 0 Å². The summed E-state index contributed by atoms with van der Waals surface area (Å²) >= 11 is 0.460. The average molecular weight is 165 g/mol. The second-order valence-electron chi connectivity index (χ2n) is 1.26. The summed E-state index contributed by atoms with van der Waals surface area (Å²) in [5.74, 6) is 0. The van der Waals surface area contributed by atoms with E-state index in [4.69, 9.17) is 8.50 Å². The molecule has 0 bridgehead atoms. The first-order valence-electron chi connectivity index (χ1n) is 2.45. The van der Waals surface area contributed by atoms with Gasteiger partial charge in [-0.25, -0.2) is 0 Å². The molecular formula is C4H12GeO2. The van der Waals surface area contributed by atoms with Gasteiger partial charge in [-0.3, -0.25) is 0 Å². The fraction of sp³-hybridized carbons (Fsp3) is 1.00. The SMILES string of the molecule is CCOC(C)[O][GeH3]. The zero-order chi connectivity index (χ0) is 5.70. The minimum absolute atomic E-state index is 0.0324. The molecule has 0 aromatic carbocycles. The topological polar surface area (TPSA) is 18.5 Å². The third-order valence-electron chi connectivity index (χ3n) is 0.733. The van der Waals surface area contributed by atoms with E-state index in [9.17, 15) is 0 Å². The molecule has 3 heteroatoms. The van der Waals surface area contributed by atoms with E-state index >= 15 is 0 Å². The summed E-state index contributed by atoms with van der Waals surface area (Å²) in [5.41, 5.74) is 0. The van der Waals surface area contributed by atoms with Crippen molar-refractivity contribution in [2.24, 2.45) is 0 Å². The van der Waals surface area contributed by atoms with Gasteiger partial charge < -0.3 is 0 Å². The molecule has 0 spiro atoms. The van der Waals surface area contributed by atoms with Gasteiger partial charge in [-0.15, -0.1) is 0 Å². The summed E-state index contributed by atoms with van der Waals surface area (Å²) in [6.07, 6.45) is 0.0324. The Bertz CT molecular complexity index is 40.7. The predicted octanol–water partition coefficient (Wildman–Crippen LogP) is -0.334. The summed E-state index contributed by atoms with van der Waals surface area (Å²) in [5, 5.41) is 0. The van der Waals surface area contributed by atoms with Crippen LogP contribution in [0.15, 0.2) is 0 Å². The summed E-state index contributed by atoms with van der Waals surface area (Å²) in [6.45, 7) is 4.62. The molecule has 0 aromatic heterocycles. The van der Waals surface area contributed by atoms with Crippen LogP contribution in [0.4, 0.5) is 0 Å². The van der Waals surface area contributed by atoms with Gasteiger partial charge in [0.25, 0.3) is 0 Å². The van der Waals surface area contributed by atoms with Crippen LogP contribution < -0.4 is 0 Å². The molecule has 2 nitrogen and oxygen atoms in total. The van der Waals surface area contributed by atoms with Crippen LogP contribution in [-0.2, 0) is 8.50 Å². The van der Waals surface area contributed by atoms with Crippen LogP contribution >= 0.6 is 0 Å². The zero-order valence-electron chi connectivity index (χ0n) is 5.10. The van der Waals surface area contributed by atoms with E-state index in [0.29, 0.717) is 16.9 Å². The van der Waals surface area contributed by atoms with E-state index < -0.39 is 0 Å². The van der Waals surface area contributed by atoms with Crippen molar-refractivity contribution in [1.82, 2.24) is 0 Å². The van der Waals surface area contributed by atoms with E-state index in [1.54, 1.807) is 0 Å². The van der Waals surface area contributed by atoms with Gasteiger partial charge in [0.1, 0.15) is 0 Å². The summed E-state index contributed by atoms with van der Waals surface area (Å²) < 4.78 is 9.97. The first-order chi connectivity index (χ1) is 3.31. The molecule has 0 aromatic rings. The number of hydrogen-bond donors (Lipinski definition) is 0. The van der Waals surface area contributed by atoms with Crippen LogP contribution in [0.25, 0.3) is 0 Å². The molecule has 0 saturated heterocycles. The van der Waals surface area contributed by atoms with E-state index in [1.165, 1.54) is 0 Å². The molecule has 0 aliphatic carbocycles. The second-order valence-corrected chi connectivity index (χ2v) is 2.25. The molecule has 0 N–H and O–H groups in total. The Morgan fingerprint density at radius 3 is 2.43 bits per heavy atom. The molecule has 1 atom stereocenters. The molecule has 0 fully saturated rings. The van der Waals surface area contributed by atoms with Crippen molar-refractivity contribution >= 4 is 16.9 Å². The molecule has 0 rings (SSSR count). The maximum atomic E-state index is 5.02. The van der Waals surface area contributed by atoms with E-state index in [-0.39, 0.29) is 6.29 Å². The van der Waals surface area contributed by atoms with Crippen LogP contribution in [0.3, 0.4) is 0 Å². The Hall–Kier alpha value is 0.463. The van der Waals surface area contributed by atoms with Gasteiger partial charge in [0.15, 0.2) is 0 Å². The van der Waals surface area contributed by atoms with Gasteiger partial charge in [-0.2, -0.15) is 0 Å². The van der Waals surface area contributed by atoms with Crippen molar-refractivity contribution < 1.29 is 8.50 Å². The monoisotopic (exact) mass is 166 g/mol. The van der Waals surface area contributed by atoms with Crippen LogP contribution in [0.5, 0.6) is 0 Å². The molecule has 7 heavy (non-hydrogen) atoms. The zero-order valence-corrected chi connectivity index (χ0v) is 9.30. The first kappa shape index (κ1) is 7.46. The van der Waals surface area contributed by atoms with Gasteiger partial charge in [-0.1, -0.05) is 0 Å². The maximum absolute atomic E-state index is 5.02. The van der Waals surface area contributed by atoms with Crippen molar-refractivity contribution in [3.8, 4) is 0 Å². The Morgan fingerprint density at radius 1 is 1.71 bits per heavy atom. The van der Waals surface area contributed by atoms with Crippen LogP contribution in [0.1, 0.15) is 13.8 Å². The van der Waals surface area contributed by atoms with Crippen molar-refractivity contribution in [3.63, 3.8) is 0 Å². The second kappa shape index (κ2) is 4.62. The molecule has 0 heterocycles. The predicted molar refractivity (Wildman–Crippen MR) is 32.1 cm³/mol. The van der Waals surface area contributed by atoms with E-state index in [0.717, 1.165) is 6.61 Å². The Morgan fingerprint density at radius 2 is 2.29 bits per heavy atom. The molecule has 0 saturated carbocycles. The van der Waals surface area contributed by atoms with E-state index in [1.807, 2.05) is 13.8 Å². The third kappa shape index (κ3) is 4.31. The summed E-state index contributed by atoms with van der Waals surface area (Å²) in [7, 11) is 0.